The summed E-state index contributed by atoms with van der Waals surface area (Å²) in [7, 11) is -2.06. The summed E-state index contributed by atoms with van der Waals surface area (Å²) in [6, 6.07) is 10.2. The highest BCUT2D eigenvalue weighted by Gasteiger charge is 2.23. The quantitative estimate of drug-likeness (QED) is 0.602. The molecular weight excluding hydrogens is 390 g/mol. The maximum atomic E-state index is 12.9. The highest BCUT2D eigenvalue weighted by atomic mass is 32.2. The molecule has 0 spiro atoms. The predicted molar refractivity (Wildman–Crippen MR) is 114 cm³/mol. The predicted octanol–water partition coefficient (Wildman–Crippen LogP) is 3.86. The molecule has 0 amide bonds. The number of hydrogen-bond donors (Lipinski definition) is 1. The molecule has 0 saturated carbocycles. The number of aromatic hydroxyl groups is 1. The van der Waals surface area contributed by atoms with E-state index in [1.807, 2.05) is 19.9 Å². The number of phenols is 1. The first kappa shape index (κ1) is 21.1. The van der Waals surface area contributed by atoms with Crippen LogP contribution in [0.5, 0.6) is 11.5 Å². The van der Waals surface area contributed by atoms with Crippen molar-refractivity contribution < 1.29 is 18.3 Å². The number of rotatable bonds is 8. The third-order valence-corrected chi connectivity index (χ3v) is 6.99. The zero-order chi connectivity index (χ0) is 21.2. The van der Waals surface area contributed by atoms with E-state index < -0.39 is 10.0 Å². The smallest absolute Gasteiger partial charge is 0.243 e. The Labute approximate surface area is 171 Å². The van der Waals surface area contributed by atoms with Gasteiger partial charge in [-0.05, 0) is 42.8 Å². The van der Waals surface area contributed by atoms with E-state index in [9.17, 15) is 13.5 Å². The number of benzene rings is 2. The minimum absolute atomic E-state index is 0.0574. The third kappa shape index (κ3) is 3.82. The molecule has 1 aromatic heterocycles. The fourth-order valence-electron chi connectivity index (χ4n) is 3.47. The lowest BCUT2D eigenvalue weighted by atomic mass is 10.2. The zero-order valence-corrected chi connectivity index (χ0v) is 18.0. The van der Waals surface area contributed by atoms with Crippen LogP contribution < -0.4 is 4.74 Å². The van der Waals surface area contributed by atoms with Crippen molar-refractivity contribution in [3.63, 3.8) is 0 Å². The third-order valence-electron chi connectivity index (χ3n) is 4.95. The van der Waals surface area contributed by atoms with E-state index in [2.05, 4.69) is 11.5 Å². The highest BCUT2D eigenvalue weighted by Crippen LogP contribution is 2.33. The van der Waals surface area contributed by atoms with Crippen LogP contribution in [0.15, 0.2) is 41.3 Å². The Kier molecular flexibility index (Phi) is 6.14. The second kappa shape index (κ2) is 8.42. The van der Waals surface area contributed by atoms with E-state index in [1.165, 1.54) is 11.4 Å². The minimum Gasteiger partial charge on any atom is -0.504 e. The van der Waals surface area contributed by atoms with E-state index in [-0.39, 0.29) is 10.6 Å². The first-order valence-corrected chi connectivity index (χ1v) is 11.2. The lowest BCUT2D eigenvalue weighted by molar-refractivity contribution is 0.373. The maximum Gasteiger partial charge on any atom is 0.243 e. The van der Waals surface area contributed by atoms with E-state index >= 15 is 0 Å². The van der Waals surface area contributed by atoms with Crippen molar-refractivity contribution in [3.8, 4) is 22.9 Å². The summed E-state index contributed by atoms with van der Waals surface area (Å²) < 4.78 is 34.5. The van der Waals surface area contributed by atoms with Crippen LogP contribution in [0.2, 0.25) is 0 Å². The molecule has 0 aliphatic rings. The molecule has 29 heavy (non-hydrogen) atoms. The minimum atomic E-state index is -3.56. The molecule has 0 bridgehead atoms. The summed E-state index contributed by atoms with van der Waals surface area (Å²) in [5.41, 5.74) is 2.28. The van der Waals surface area contributed by atoms with Gasteiger partial charge < -0.3 is 14.4 Å². The van der Waals surface area contributed by atoms with Crippen molar-refractivity contribution in [2.75, 3.05) is 20.2 Å². The van der Waals surface area contributed by atoms with Gasteiger partial charge in [0.15, 0.2) is 11.5 Å². The summed E-state index contributed by atoms with van der Waals surface area (Å²) in [5, 5.41) is 9.90. The van der Waals surface area contributed by atoms with Crippen molar-refractivity contribution >= 4 is 21.1 Å². The van der Waals surface area contributed by atoms with E-state index in [0.717, 1.165) is 24.0 Å². The van der Waals surface area contributed by atoms with Crippen LogP contribution in [-0.2, 0) is 16.6 Å². The maximum absolute atomic E-state index is 12.9. The average molecular weight is 418 g/mol. The second-order valence-electron chi connectivity index (χ2n) is 6.71. The number of sulfonamides is 1. The number of fused-ring (bicyclic) bond motifs is 1. The molecular formula is C21H27N3O4S. The Morgan fingerprint density at radius 2 is 1.83 bits per heavy atom. The van der Waals surface area contributed by atoms with Gasteiger partial charge in [-0.25, -0.2) is 13.4 Å². The summed E-state index contributed by atoms with van der Waals surface area (Å²) in [6.07, 6.45) is 0.896. The molecule has 7 nitrogen and oxygen atoms in total. The number of ether oxygens (including phenoxy) is 1. The van der Waals surface area contributed by atoms with Crippen LogP contribution >= 0.6 is 0 Å². The van der Waals surface area contributed by atoms with Crippen molar-refractivity contribution in [3.05, 3.63) is 36.4 Å². The molecule has 0 unspecified atom stereocenters. The van der Waals surface area contributed by atoms with Gasteiger partial charge in [-0.2, -0.15) is 4.31 Å². The number of aryl methyl sites for hydroxylation is 1. The average Bonchev–Trinajstić information content (AvgIpc) is 3.07. The van der Waals surface area contributed by atoms with E-state index in [1.54, 1.807) is 30.3 Å². The first-order chi connectivity index (χ1) is 13.9. The van der Waals surface area contributed by atoms with Crippen molar-refractivity contribution in [2.45, 2.75) is 38.6 Å². The van der Waals surface area contributed by atoms with E-state index in [4.69, 9.17) is 9.72 Å². The van der Waals surface area contributed by atoms with Gasteiger partial charge in [0.25, 0.3) is 0 Å². The number of hydrogen-bond acceptors (Lipinski definition) is 5. The highest BCUT2D eigenvalue weighted by molar-refractivity contribution is 7.89. The summed E-state index contributed by atoms with van der Waals surface area (Å²) in [6.45, 7) is 7.29. The Bertz CT molecular complexity index is 1120. The summed E-state index contributed by atoms with van der Waals surface area (Å²) >= 11 is 0. The first-order valence-electron chi connectivity index (χ1n) is 9.75. The van der Waals surface area contributed by atoms with Gasteiger partial charge in [0, 0.05) is 25.2 Å². The normalized spacial score (nSPS) is 12.0. The standard InChI is InChI=1S/C21H27N3O4S/c1-5-12-24-18-10-9-16(29(26,27)23(6-2)7-3)14-17(18)22-21(24)15-8-11-19(25)20(13-15)28-4/h8-11,13-14,25H,5-7,12H2,1-4H3. The van der Waals surface area contributed by atoms with Crippen molar-refractivity contribution in [1.82, 2.24) is 13.9 Å². The van der Waals surface area contributed by atoms with Gasteiger partial charge in [0.1, 0.15) is 5.82 Å². The van der Waals surface area contributed by atoms with Crippen molar-refractivity contribution in [2.24, 2.45) is 0 Å². The Hall–Kier alpha value is -2.58. The monoisotopic (exact) mass is 417 g/mol. The number of methoxy groups -OCH3 is 1. The van der Waals surface area contributed by atoms with Gasteiger partial charge >= 0.3 is 0 Å². The number of imidazole rings is 1. The van der Waals surface area contributed by atoms with Crippen molar-refractivity contribution in [1.29, 1.82) is 0 Å². The molecule has 0 atom stereocenters. The molecule has 1 N–H and O–H groups in total. The SMILES string of the molecule is CCCn1c(-c2ccc(O)c(OC)c2)nc2cc(S(=O)(=O)N(CC)CC)ccc21. The number of nitrogens with zero attached hydrogens (tertiary/aromatic N) is 3. The fraction of sp³-hybridized carbons (Fsp3) is 0.381. The summed E-state index contributed by atoms with van der Waals surface area (Å²) in [4.78, 5) is 4.98. The van der Waals surface area contributed by atoms with Gasteiger partial charge in [-0.3, -0.25) is 0 Å². The molecule has 0 aliphatic heterocycles. The Morgan fingerprint density at radius 1 is 1.10 bits per heavy atom. The van der Waals surface area contributed by atoms with Crippen LogP contribution in [-0.4, -0.2) is 47.6 Å². The zero-order valence-electron chi connectivity index (χ0n) is 17.2. The number of aromatic nitrogens is 2. The van der Waals surface area contributed by atoms with Gasteiger partial charge in [-0.1, -0.05) is 20.8 Å². The van der Waals surface area contributed by atoms with Gasteiger partial charge in [0.05, 0.1) is 23.0 Å². The van der Waals surface area contributed by atoms with Gasteiger partial charge in [-0.15, -0.1) is 0 Å². The Morgan fingerprint density at radius 3 is 2.45 bits per heavy atom. The molecule has 2 aromatic carbocycles. The number of phenolic OH excluding ortho intramolecular Hbond substituents is 1. The molecule has 0 fully saturated rings. The molecule has 0 radical (unpaired) electrons. The largest absolute Gasteiger partial charge is 0.504 e. The lowest BCUT2D eigenvalue weighted by Crippen LogP contribution is -2.30. The molecule has 3 aromatic rings. The van der Waals surface area contributed by atoms with Crippen LogP contribution in [0, 0.1) is 0 Å². The topological polar surface area (TPSA) is 84.7 Å². The molecule has 156 valence electrons. The van der Waals surface area contributed by atoms with E-state index in [0.29, 0.717) is 30.2 Å². The molecule has 0 aliphatic carbocycles. The molecule has 3 rings (SSSR count). The fourth-order valence-corrected chi connectivity index (χ4v) is 4.95. The summed E-state index contributed by atoms with van der Waals surface area (Å²) in [5.74, 6) is 1.13. The second-order valence-corrected chi connectivity index (χ2v) is 8.65. The lowest BCUT2D eigenvalue weighted by Gasteiger charge is -2.18. The van der Waals surface area contributed by atoms with Crippen LogP contribution in [0.3, 0.4) is 0 Å². The Balaban J connectivity index is 2.19. The van der Waals surface area contributed by atoms with Gasteiger partial charge in [0.2, 0.25) is 10.0 Å². The van der Waals surface area contributed by atoms with Crippen LogP contribution in [0.4, 0.5) is 0 Å². The van der Waals surface area contributed by atoms with Crippen LogP contribution in [0.1, 0.15) is 27.2 Å². The molecule has 0 saturated heterocycles. The molecule has 1 heterocycles. The van der Waals surface area contributed by atoms with Crippen LogP contribution in [0.25, 0.3) is 22.4 Å². The molecule has 8 heteroatoms.